The lowest BCUT2D eigenvalue weighted by Gasteiger charge is -2.36. The van der Waals surface area contributed by atoms with Gasteiger partial charge in [0.05, 0.1) is 19.0 Å². The number of aliphatic carboxylic acids is 1. The van der Waals surface area contributed by atoms with E-state index < -0.39 is 41.8 Å². The highest BCUT2D eigenvalue weighted by Crippen LogP contribution is 2.43. The third-order valence-electron chi connectivity index (χ3n) is 7.67. The van der Waals surface area contributed by atoms with Crippen LogP contribution in [0.5, 0.6) is 11.5 Å². The van der Waals surface area contributed by atoms with Crippen molar-refractivity contribution in [1.29, 1.82) is 5.53 Å². The monoisotopic (exact) mass is 585 g/mol. The molecule has 0 spiro atoms. The smallest absolute Gasteiger partial charge is 0.347 e. The zero-order valence-electron chi connectivity index (χ0n) is 23.7. The molecule has 2 aliphatic heterocycles. The molecule has 0 unspecified atom stereocenters. The van der Waals surface area contributed by atoms with Gasteiger partial charge in [-0.05, 0) is 41.3 Å². The van der Waals surface area contributed by atoms with Crippen LogP contribution < -0.4 is 9.47 Å². The summed E-state index contributed by atoms with van der Waals surface area (Å²) in [4.78, 5) is 55.6. The minimum Gasteiger partial charge on any atom is -0.486 e. The van der Waals surface area contributed by atoms with Crippen molar-refractivity contribution in [1.82, 2.24) is 14.9 Å². The third-order valence-corrected chi connectivity index (χ3v) is 7.67. The van der Waals surface area contributed by atoms with Gasteiger partial charge in [0.1, 0.15) is 18.8 Å². The topological polar surface area (TPSA) is 153 Å². The van der Waals surface area contributed by atoms with Crippen molar-refractivity contribution < 1.29 is 33.8 Å². The molecule has 5 rings (SSSR count). The number of nitrogens with one attached hydrogen (secondary N) is 1. The summed E-state index contributed by atoms with van der Waals surface area (Å²) < 4.78 is 11.3. The van der Waals surface area contributed by atoms with E-state index in [1.165, 1.54) is 11.8 Å². The van der Waals surface area contributed by atoms with Crippen molar-refractivity contribution in [3.05, 3.63) is 95.1 Å². The van der Waals surface area contributed by atoms with Crippen LogP contribution in [0.3, 0.4) is 0 Å². The van der Waals surface area contributed by atoms with E-state index in [0.29, 0.717) is 35.8 Å². The summed E-state index contributed by atoms with van der Waals surface area (Å²) >= 11 is 0. The van der Waals surface area contributed by atoms with Crippen molar-refractivity contribution in [2.45, 2.75) is 44.9 Å². The molecule has 2 heterocycles. The average Bonchev–Trinajstić information content (AvgIpc) is 3.18. The van der Waals surface area contributed by atoms with Gasteiger partial charge in [0, 0.05) is 13.5 Å². The summed E-state index contributed by atoms with van der Waals surface area (Å²) in [6.45, 7) is 3.64. The Balaban J connectivity index is 1.62. The Morgan fingerprint density at radius 1 is 1.00 bits per heavy atom. The molecule has 0 aliphatic carbocycles. The van der Waals surface area contributed by atoms with E-state index >= 15 is 0 Å². The lowest BCUT2D eigenvalue weighted by atomic mass is 9.89. The number of hydrogen-bond donors (Lipinski definition) is 2. The summed E-state index contributed by atoms with van der Waals surface area (Å²) in [5, 5.41) is 15.0. The van der Waals surface area contributed by atoms with Crippen molar-refractivity contribution in [3.8, 4) is 11.5 Å². The third kappa shape index (κ3) is 5.51. The lowest BCUT2D eigenvalue weighted by Crippen LogP contribution is -2.52. The van der Waals surface area contributed by atoms with Crippen LogP contribution in [0.15, 0.2) is 77.9 Å². The number of benzene rings is 3. The molecule has 0 aromatic heterocycles. The number of carboxylic acids is 1. The van der Waals surface area contributed by atoms with Gasteiger partial charge in [0.2, 0.25) is 5.91 Å². The van der Waals surface area contributed by atoms with E-state index in [2.05, 4.69) is 5.11 Å². The molecule has 222 valence electrons. The number of rotatable bonds is 10. The molecule has 12 nitrogen and oxygen atoms in total. The number of fused-ring (bicyclic) bond motifs is 1. The highest BCUT2D eigenvalue weighted by atomic mass is 16.6. The second-order valence-corrected chi connectivity index (χ2v) is 10.4. The van der Waals surface area contributed by atoms with Gasteiger partial charge in [0.15, 0.2) is 11.5 Å². The fourth-order valence-corrected chi connectivity index (χ4v) is 5.48. The maximum absolute atomic E-state index is 14.5. The van der Waals surface area contributed by atoms with Gasteiger partial charge in [-0.25, -0.2) is 15.3 Å². The van der Waals surface area contributed by atoms with Crippen molar-refractivity contribution in [2.24, 2.45) is 5.11 Å². The first kappa shape index (κ1) is 29.2. The number of carbonyl (C=O) groups is 4. The number of imide groups is 1. The van der Waals surface area contributed by atoms with Crippen LogP contribution in [0.2, 0.25) is 0 Å². The standard InChI is InChI=1S/C31H31N5O7/c1-20(37)35(25(17-28(38)39)23-10-13-26-27(16-23)43-15-14-42-26)36-29(40)31(2,24-11-8-21(9-12-24)18-33-32)34(30(36)41)19-22-6-4-3-5-7-22/h3-13,16,25,32H,14-15,17-19H2,1-2H3,(H,38,39)/t25-,31-/m1/s1. The number of hydrogen-bond acceptors (Lipinski definition) is 8. The molecule has 12 heteroatoms. The van der Waals surface area contributed by atoms with E-state index in [0.717, 1.165) is 21.1 Å². The van der Waals surface area contributed by atoms with Crippen LogP contribution in [-0.2, 0) is 33.0 Å². The Labute approximate surface area is 247 Å². The molecule has 3 aromatic rings. The summed E-state index contributed by atoms with van der Waals surface area (Å²) in [5.41, 5.74) is 7.94. The Morgan fingerprint density at radius 2 is 1.67 bits per heavy atom. The normalized spacial score (nSPS) is 18.4. The average molecular weight is 586 g/mol. The van der Waals surface area contributed by atoms with E-state index in [9.17, 15) is 24.3 Å². The number of carbonyl (C=O) groups excluding carboxylic acids is 3. The molecule has 0 saturated carbocycles. The van der Waals surface area contributed by atoms with Crippen LogP contribution in [0.4, 0.5) is 4.79 Å². The Morgan fingerprint density at radius 3 is 2.30 bits per heavy atom. The van der Waals surface area contributed by atoms with Crippen molar-refractivity contribution >= 4 is 23.8 Å². The van der Waals surface area contributed by atoms with Crippen LogP contribution in [0, 0.1) is 5.53 Å². The highest BCUT2D eigenvalue weighted by molar-refractivity contribution is 6.08. The highest BCUT2D eigenvalue weighted by Gasteiger charge is 2.58. The first-order valence-electron chi connectivity index (χ1n) is 13.7. The van der Waals surface area contributed by atoms with E-state index in [-0.39, 0.29) is 13.1 Å². The number of amides is 4. The number of ether oxygens (including phenoxy) is 2. The predicted octanol–water partition coefficient (Wildman–Crippen LogP) is 4.65. The van der Waals surface area contributed by atoms with Gasteiger partial charge in [-0.2, -0.15) is 10.1 Å². The van der Waals surface area contributed by atoms with Crippen LogP contribution in [0.25, 0.3) is 0 Å². The summed E-state index contributed by atoms with van der Waals surface area (Å²) in [6, 6.07) is 18.7. The second-order valence-electron chi connectivity index (χ2n) is 10.4. The summed E-state index contributed by atoms with van der Waals surface area (Å²) in [6.07, 6.45) is -0.586. The molecular weight excluding hydrogens is 554 g/mol. The first-order valence-corrected chi connectivity index (χ1v) is 13.7. The van der Waals surface area contributed by atoms with Gasteiger partial charge in [-0.3, -0.25) is 19.3 Å². The van der Waals surface area contributed by atoms with E-state index in [1.807, 2.05) is 30.3 Å². The molecule has 2 N–H and O–H groups in total. The molecule has 43 heavy (non-hydrogen) atoms. The maximum Gasteiger partial charge on any atom is 0.347 e. The molecule has 4 amide bonds. The zero-order chi connectivity index (χ0) is 30.7. The zero-order valence-corrected chi connectivity index (χ0v) is 23.7. The van der Waals surface area contributed by atoms with Gasteiger partial charge in [0.25, 0.3) is 5.91 Å². The minimum absolute atomic E-state index is 0.0432. The van der Waals surface area contributed by atoms with Gasteiger partial charge in [-0.1, -0.05) is 60.7 Å². The first-order chi connectivity index (χ1) is 20.6. The molecule has 2 atom stereocenters. The summed E-state index contributed by atoms with van der Waals surface area (Å²) in [5.74, 6) is -1.80. The quantitative estimate of drug-likeness (QED) is 0.259. The maximum atomic E-state index is 14.5. The Bertz CT molecular complexity index is 1560. The fourth-order valence-electron chi connectivity index (χ4n) is 5.48. The molecule has 2 aliphatic rings. The van der Waals surface area contributed by atoms with Crippen molar-refractivity contribution in [2.75, 3.05) is 13.2 Å². The van der Waals surface area contributed by atoms with Gasteiger partial charge < -0.3 is 14.6 Å². The SMILES string of the molecule is CC(=O)N([C@H](CC(=O)O)c1ccc2c(c1)OCCO2)N1C(=O)N(Cc2ccccc2)[C@](C)(c2ccc(CN=N)cc2)C1=O. The van der Waals surface area contributed by atoms with Crippen LogP contribution >= 0.6 is 0 Å². The minimum atomic E-state index is -1.56. The molecule has 1 fully saturated rings. The van der Waals surface area contributed by atoms with Crippen molar-refractivity contribution in [3.63, 3.8) is 0 Å². The van der Waals surface area contributed by atoms with E-state index in [1.54, 1.807) is 49.4 Å². The Kier molecular flexibility index (Phi) is 8.11. The Hall–Kier alpha value is -5.26. The second kappa shape index (κ2) is 11.9. The van der Waals surface area contributed by atoms with E-state index in [4.69, 9.17) is 15.0 Å². The lowest BCUT2D eigenvalue weighted by molar-refractivity contribution is -0.162. The number of urea groups is 1. The predicted molar refractivity (Wildman–Crippen MR) is 152 cm³/mol. The molecule has 0 bridgehead atoms. The molecule has 3 aromatic carbocycles. The van der Waals surface area contributed by atoms with Crippen LogP contribution in [-0.4, -0.2) is 57.1 Å². The largest absolute Gasteiger partial charge is 0.486 e. The molecule has 0 radical (unpaired) electrons. The molecular formula is C31H31N5O7. The molecule has 1 saturated heterocycles. The summed E-state index contributed by atoms with van der Waals surface area (Å²) in [7, 11) is 0. The number of hydrazine groups is 1. The van der Waals surface area contributed by atoms with Gasteiger partial charge in [-0.15, -0.1) is 0 Å². The van der Waals surface area contributed by atoms with Gasteiger partial charge >= 0.3 is 12.0 Å². The van der Waals surface area contributed by atoms with Crippen LogP contribution in [0.1, 0.15) is 48.6 Å². The fraction of sp³-hybridized carbons (Fsp3) is 0.290. The number of carboxylic acid groups (broad SMARTS) is 1. The number of nitrogens with zero attached hydrogens (tertiary/aromatic N) is 4.